The number of amides is 3. The molecule has 2 aromatic rings. The molecular formula is C22H20N2O5S. The summed E-state index contributed by atoms with van der Waals surface area (Å²) in [6.07, 6.45) is 1.55. The lowest BCUT2D eigenvalue weighted by Crippen LogP contribution is -2.36. The number of nitrogens with zero attached hydrogens (tertiary/aromatic N) is 1. The number of methoxy groups -OCH3 is 1. The van der Waals surface area contributed by atoms with Gasteiger partial charge in [-0.3, -0.25) is 19.3 Å². The molecule has 1 aliphatic rings. The van der Waals surface area contributed by atoms with Gasteiger partial charge in [-0.1, -0.05) is 24.3 Å². The molecule has 0 atom stereocenters. The second-order valence-corrected chi connectivity index (χ2v) is 7.74. The quantitative estimate of drug-likeness (QED) is 0.580. The zero-order valence-corrected chi connectivity index (χ0v) is 17.5. The smallest absolute Gasteiger partial charge is 0.337 e. The van der Waals surface area contributed by atoms with Crippen LogP contribution in [-0.2, 0) is 14.3 Å². The molecule has 0 radical (unpaired) electrons. The molecule has 1 aliphatic heterocycles. The Labute approximate surface area is 178 Å². The number of anilines is 1. The lowest BCUT2D eigenvalue weighted by Gasteiger charge is -2.14. The molecule has 0 unspecified atom stereocenters. The maximum atomic E-state index is 12.6. The van der Waals surface area contributed by atoms with Crippen LogP contribution >= 0.6 is 11.8 Å². The molecule has 154 valence electrons. The van der Waals surface area contributed by atoms with E-state index in [0.29, 0.717) is 16.8 Å². The SMILES string of the molecule is COC(=O)c1ccc(/C=C2/SC(=O)N(CC(=O)Nc3cc(C)ccc3C)C2=O)cc1. The number of carbonyl (C=O) groups excluding carboxylic acids is 4. The summed E-state index contributed by atoms with van der Waals surface area (Å²) >= 11 is 0.772. The van der Waals surface area contributed by atoms with Crippen molar-refractivity contribution >= 4 is 46.5 Å². The van der Waals surface area contributed by atoms with Gasteiger partial charge >= 0.3 is 5.97 Å². The van der Waals surface area contributed by atoms with Gasteiger partial charge in [0.25, 0.3) is 11.1 Å². The van der Waals surface area contributed by atoms with E-state index in [9.17, 15) is 19.2 Å². The molecule has 1 heterocycles. The van der Waals surface area contributed by atoms with E-state index < -0.39 is 23.0 Å². The first-order valence-electron chi connectivity index (χ1n) is 9.09. The van der Waals surface area contributed by atoms with E-state index >= 15 is 0 Å². The summed E-state index contributed by atoms with van der Waals surface area (Å²) in [4.78, 5) is 49.9. The van der Waals surface area contributed by atoms with Crippen molar-refractivity contribution in [1.82, 2.24) is 4.90 Å². The Hall–Kier alpha value is -3.39. The molecule has 30 heavy (non-hydrogen) atoms. The van der Waals surface area contributed by atoms with Crippen molar-refractivity contribution < 1.29 is 23.9 Å². The largest absolute Gasteiger partial charge is 0.465 e. The molecule has 8 heteroatoms. The van der Waals surface area contributed by atoms with E-state index in [2.05, 4.69) is 10.1 Å². The van der Waals surface area contributed by atoms with Crippen LogP contribution in [0.15, 0.2) is 47.4 Å². The van der Waals surface area contributed by atoms with Crippen LogP contribution in [0.1, 0.15) is 27.0 Å². The predicted molar refractivity (Wildman–Crippen MR) is 115 cm³/mol. The molecule has 0 aliphatic carbocycles. The third-order valence-electron chi connectivity index (χ3n) is 4.47. The molecule has 0 spiro atoms. The highest BCUT2D eigenvalue weighted by Gasteiger charge is 2.36. The van der Waals surface area contributed by atoms with E-state index in [1.165, 1.54) is 7.11 Å². The monoisotopic (exact) mass is 424 g/mol. The van der Waals surface area contributed by atoms with Crippen molar-refractivity contribution in [3.05, 3.63) is 69.6 Å². The first-order chi connectivity index (χ1) is 14.3. The summed E-state index contributed by atoms with van der Waals surface area (Å²) in [5, 5.41) is 2.24. The number of aryl methyl sites for hydroxylation is 2. The van der Waals surface area contributed by atoms with Crippen LogP contribution in [0.4, 0.5) is 10.5 Å². The van der Waals surface area contributed by atoms with Crippen molar-refractivity contribution in [2.75, 3.05) is 19.0 Å². The van der Waals surface area contributed by atoms with Crippen molar-refractivity contribution in [3.8, 4) is 0 Å². The number of imide groups is 1. The molecule has 0 aromatic heterocycles. The molecule has 3 rings (SSSR count). The van der Waals surface area contributed by atoms with E-state index in [1.807, 2.05) is 32.0 Å². The molecule has 7 nitrogen and oxygen atoms in total. The van der Waals surface area contributed by atoms with Crippen LogP contribution in [0.2, 0.25) is 0 Å². The van der Waals surface area contributed by atoms with E-state index in [1.54, 1.807) is 30.3 Å². The molecule has 1 saturated heterocycles. The van der Waals surface area contributed by atoms with E-state index in [-0.39, 0.29) is 11.4 Å². The minimum Gasteiger partial charge on any atom is -0.465 e. The summed E-state index contributed by atoms with van der Waals surface area (Å²) in [6, 6.07) is 12.1. The average Bonchev–Trinajstić information content (AvgIpc) is 2.98. The highest BCUT2D eigenvalue weighted by molar-refractivity contribution is 8.18. The summed E-state index contributed by atoms with van der Waals surface area (Å²) in [5.41, 5.74) is 3.55. The van der Waals surface area contributed by atoms with Gasteiger partial charge in [0, 0.05) is 5.69 Å². The molecule has 3 amide bonds. The lowest BCUT2D eigenvalue weighted by molar-refractivity contribution is -0.127. The van der Waals surface area contributed by atoms with Crippen molar-refractivity contribution in [1.29, 1.82) is 0 Å². The van der Waals surface area contributed by atoms with Gasteiger partial charge in [-0.2, -0.15) is 0 Å². The third-order valence-corrected chi connectivity index (χ3v) is 5.38. The van der Waals surface area contributed by atoms with Gasteiger partial charge in [0.15, 0.2) is 0 Å². The number of benzene rings is 2. The number of hydrogen-bond donors (Lipinski definition) is 1. The van der Waals surface area contributed by atoms with Crippen LogP contribution in [0.5, 0.6) is 0 Å². The fourth-order valence-electron chi connectivity index (χ4n) is 2.82. The number of hydrogen-bond acceptors (Lipinski definition) is 6. The van der Waals surface area contributed by atoms with Crippen LogP contribution < -0.4 is 5.32 Å². The molecule has 0 saturated carbocycles. The lowest BCUT2D eigenvalue weighted by atomic mass is 10.1. The minimum atomic E-state index is -0.529. The number of thioether (sulfide) groups is 1. The first kappa shape index (κ1) is 21.3. The molecular weight excluding hydrogens is 404 g/mol. The Kier molecular flexibility index (Phi) is 6.37. The van der Waals surface area contributed by atoms with Gasteiger partial charge in [-0.05, 0) is 66.6 Å². The Morgan fingerprint density at radius 3 is 2.47 bits per heavy atom. The summed E-state index contributed by atoms with van der Waals surface area (Å²) in [5.74, 6) is -1.44. The summed E-state index contributed by atoms with van der Waals surface area (Å²) < 4.78 is 4.65. The topological polar surface area (TPSA) is 92.8 Å². The fourth-order valence-corrected chi connectivity index (χ4v) is 3.66. The van der Waals surface area contributed by atoms with E-state index in [0.717, 1.165) is 27.8 Å². The normalized spacial score (nSPS) is 14.9. The Bertz CT molecular complexity index is 1060. The second kappa shape index (κ2) is 8.96. The molecule has 0 bridgehead atoms. The second-order valence-electron chi connectivity index (χ2n) is 6.75. The zero-order chi connectivity index (χ0) is 21.8. The van der Waals surface area contributed by atoms with E-state index in [4.69, 9.17) is 0 Å². The summed E-state index contributed by atoms with van der Waals surface area (Å²) in [7, 11) is 1.29. The Balaban J connectivity index is 1.69. The zero-order valence-electron chi connectivity index (χ0n) is 16.7. The van der Waals surface area contributed by atoms with Gasteiger partial charge in [-0.25, -0.2) is 4.79 Å². The van der Waals surface area contributed by atoms with Crippen molar-refractivity contribution in [3.63, 3.8) is 0 Å². The number of ether oxygens (including phenoxy) is 1. The fraction of sp³-hybridized carbons (Fsp3) is 0.182. The number of esters is 1. The maximum absolute atomic E-state index is 12.6. The van der Waals surface area contributed by atoms with Crippen LogP contribution in [0.25, 0.3) is 6.08 Å². The van der Waals surface area contributed by atoms with Crippen LogP contribution in [0, 0.1) is 13.8 Å². The number of nitrogens with one attached hydrogen (secondary N) is 1. The molecule has 2 aromatic carbocycles. The van der Waals surface area contributed by atoms with Gasteiger partial charge in [-0.15, -0.1) is 0 Å². The van der Waals surface area contributed by atoms with Crippen LogP contribution in [-0.4, -0.2) is 41.6 Å². The number of carbonyl (C=O) groups is 4. The number of rotatable bonds is 5. The Morgan fingerprint density at radius 1 is 1.10 bits per heavy atom. The maximum Gasteiger partial charge on any atom is 0.337 e. The van der Waals surface area contributed by atoms with Gasteiger partial charge in [0.2, 0.25) is 5.91 Å². The summed E-state index contributed by atoms with van der Waals surface area (Å²) in [6.45, 7) is 3.41. The standard InChI is InChI=1S/C22H20N2O5S/c1-13-4-5-14(2)17(10-13)23-19(25)12-24-20(26)18(30-22(24)28)11-15-6-8-16(9-7-15)21(27)29-3/h4-11H,12H2,1-3H3,(H,23,25)/b18-11+. The third kappa shape index (κ3) is 4.77. The highest BCUT2D eigenvalue weighted by Crippen LogP contribution is 2.32. The minimum absolute atomic E-state index is 0.213. The first-order valence-corrected chi connectivity index (χ1v) is 9.91. The molecule has 1 N–H and O–H groups in total. The van der Waals surface area contributed by atoms with Crippen LogP contribution in [0.3, 0.4) is 0 Å². The van der Waals surface area contributed by atoms with Gasteiger partial charge < -0.3 is 10.1 Å². The van der Waals surface area contributed by atoms with Gasteiger partial charge in [0.05, 0.1) is 17.6 Å². The average molecular weight is 424 g/mol. The predicted octanol–water partition coefficient (Wildman–Crippen LogP) is 3.77. The molecule has 1 fully saturated rings. The van der Waals surface area contributed by atoms with Crippen molar-refractivity contribution in [2.45, 2.75) is 13.8 Å². The highest BCUT2D eigenvalue weighted by atomic mass is 32.2. The van der Waals surface area contributed by atoms with Crippen molar-refractivity contribution in [2.24, 2.45) is 0 Å². The Morgan fingerprint density at radius 2 is 1.80 bits per heavy atom. The van der Waals surface area contributed by atoms with Gasteiger partial charge in [0.1, 0.15) is 6.54 Å².